The molecule has 0 unspecified atom stereocenters. The highest BCUT2D eigenvalue weighted by molar-refractivity contribution is 7.07. The van der Waals surface area contributed by atoms with Gasteiger partial charge < -0.3 is 19.0 Å². The smallest absolute Gasteiger partial charge is 0.338 e. The number of carbonyl (C=O) groups excluding carboxylic acids is 1. The third-order valence-electron chi connectivity index (χ3n) is 6.20. The molecule has 0 N–H and O–H groups in total. The summed E-state index contributed by atoms with van der Waals surface area (Å²) in [6.07, 6.45) is 1.74. The number of furan rings is 1. The topological polar surface area (TPSA) is 80.3 Å². The molecule has 0 amide bonds. The van der Waals surface area contributed by atoms with Crippen LogP contribution in [0.2, 0.25) is 0 Å². The maximum Gasteiger partial charge on any atom is 0.338 e. The zero-order valence-electron chi connectivity index (χ0n) is 21.6. The predicted molar refractivity (Wildman–Crippen MR) is 143 cm³/mol. The van der Waals surface area contributed by atoms with Gasteiger partial charge in [0.1, 0.15) is 5.76 Å². The van der Waals surface area contributed by atoms with Crippen LogP contribution in [0.5, 0.6) is 0 Å². The first-order valence-electron chi connectivity index (χ1n) is 12.1. The van der Waals surface area contributed by atoms with Crippen LogP contribution in [0.3, 0.4) is 0 Å². The second-order valence-corrected chi connectivity index (χ2v) is 9.65. The normalized spacial score (nSPS) is 15.5. The van der Waals surface area contributed by atoms with Crippen molar-refractivity contribution in [3.8, 4) is 0 Å². The van der Waals surface area contributed by atoms with Crippen LogP contribution < -0.4 is 24.7 Å². The summed E-state index contributed by atoms with van der Waals surface area (Å²) in [6, 6.07) is 11.0. The summed E-state index contributed by atoms with van der Waals surface area (Å²) in [5, 5.41) is 0. The predicted octanol–water partition coefficient (Wildman–Crippen LogP) is 3.30. The number of carbonyl (C=O) groups is 1. The van der Waals surface area contributed by atoms with Gasteiger partial charge in [-0.2, -0.15) is 0 Å². The maximum absolute atomic E-state index is 13.7. The fraction of sp³-hybridized carbons (Fsp3) is 0.370. The Morgan fingerprint density at radius 3 is 2.44 bits per heavy atom. The molecule has 0 fully saturated rings. The largest absolute Gasteiger partial charge is 0.463 e. The van der Waals surface area contributed by atoms with E-state index in [0.29, 0.717) is 26.4 Å². The molecule has 0 aliphatic carbocycles. The molecule has 190 valence electrons. The second kappa shape index (κ2) is 10.6. The minimum atomic E-state index is -0.638. The fourth-order valence-corrected chi connectivity index (χ4v) is 5.34. The third-order valence-corrected chi connectivity index (χ3v) is 7.19. The van der Waals surface area contributed by atoms with Crippen molar-refractivity contribution in [2.75, 3.05) is 43.6 Å². The number of rotatable bonds is 8. The lowest BCUT2D eigenvalue weighted by molar-refractivity contribution is -0.139. The summed E-state index contributed by atoms with van der Waals surface area (Å²) in [6.45, 7) is 9.58. The number of fused-ring (bicyclic) bond motifs is 1. The lowest BCUT2D eigenvalue weighted by atomic mass is 9.95. The molecule has 0 bridgehead atoms. The van der Waals surface area contributed by atoms with Crippen molar-refractivity contribution in [3.05, 3.63) is 78.7 Å². The van der Waals surface area contributed by atoms with Crippen LogP contribution in [0.1, 0.15) is 45.1 Å². The lowest BCUT2D eigenvalue weighted by Gasteiger charge is -2.25. The molecular formula is C27H32N4O4S. The molecule has 2 aromatic heterocycles. The fourth-order valence-electron chi connectivity index (χ4n) is 4.32. The Labute approximate surface area is 214 Å². The highest BCUT2D eigenvalue weighted by Crippen LogP contribution is 2.31. The third kappa shape index (κ3) is 4.75. The Morgan fingerprint density at radius 2 is 1.83 bits per heavy atom. The van der Waals surface area contributed by atoms with Crippen LogP contribution in [0, 0.1) is 0 Å². The zero-order chi connectivity index (χ0) is 26.0. The Morgan fingerprint density at radius 1 is 1.14 bits per heavy atom. The SMILES string of the molecule is CCOC(=O)C1=C(C)N=c2s/c(=C\c3ccc(N(CC)CC)o3)c(=O)n2[C@@H]1c1ccc(N(C)C)cc1. The number of thiazole rings is 1. The van der Waals surface area contributed by atoms with E-state index in [-0.39, 0.29) is 12.2 Å². The zero-order valence-corrected chi connectivity index (χ0v) is 22.4. The van der Waals surface area contributed by atoms with E-state index >= 15 is 0 Å². The number of allylic oxidation sites excluding steroid dienone is 1. The van der Waals surface area contributed by atoms with Crippen molar-refractivity contribution < 1.29 is 13.9 Å². The van der Waals surface area contributed by atoms with E-state index in [0.717, 1.165) is 30.2 Å². The van der Waals surface area contributed by atoms with E-state index in [4.69, 9.17) is 9.15 Å². The number of esters is 1. The van der Waals surface area contributed by atoms with Gasteiger partial charge in [0.2, 0.25) is 0 Å². The molecule has 3 aromatic rings. The van der Waals surface area contributed by atoms with Crippen LogP contribution in [0.15, 0.2) is 61.9 Å². The molecule has 1 aliphatic heterocycles. The Balaban J connectivity index is 1.87. The van der Waals surface area contributed by atoms with E-state index in [1.165, 1.54) is 11.3 Å². The van der Waals surface area contributed by atoms with Crippen molar-refractivity contribution in [1.82, 2.24) is 4.57 Å². The quantitative estimate of drug-likeness (QED) is 0.435. The monoisotopic (exact) mass is 508 g/mol. The van der Waals surface area contributed by atoms with Crippen molar-refractivity contribution >= 4 is 35.0 Å². The van der Waals surface area contributed by atoms with Gasteiger partial charge in [-0.15, -0.1) is 0 Å². The van der Waals surface area contributed by atoms with Gasteiger partial charge >= 0.3 is 5.97 Å². The minimum absolute atomic E-state index is 0.226. The van der Waals surface area contributed by atoms with Crippen molar-refractivity contribution in [3.63, 3.8) is 0 Å². The molecular weight excluding hydrogens is 476 g/mol. The standard InChI is InChI=1S/C27H32N4O4S/c1-7-30(8-2)22-15-14-20(35-22)16-21-25(32)31-24(18-10-12-19(13-11-18)29(5)6)23(26(33)34-9-3)17(4)28-27(31)36-21/h10-16,24H,7-9H2,1-6H3/b21-16-/t24-/m1/s1. The van der Waals surface area contributed by atoms with Crippen molar-refractivity contribution in [2.24, 2.45) is 4.99 Å². The number of ether oxygens (including phenoxy) is 1. The first-order chi connectivity index (χ1) is 17.3. The molecule has 3 heterocycles. The van der Waals surface area contributed by atoms with Crippen LogP contribution in [0.4, 0.5) is 11.6 Å². The molecule has 8 nitrogen and oxygen atoms in total. The van der Waals surface area contributed by atoms with Crippen LogP contribution in [-0.4, -0.2) is 44.3 Å². The molecule has 0 saturated carbocycles. The minimum Gasteiger partial charge on any atom is -0.463 e. The summed E-state index contributed by atoms with van der Waals surface area (Å²) in [5.74, 6) is 0.887. The molecule has 0 radical (unpaired) electrons. The van der Waals surface area contributed by atoms with Crippen LogP contribution in [-0.2, 0) is 9.53 Å². The molecule has 1 atom stereocenters. The van der Waals surface area contributed by atoms with Crippen LogP contribution in [0.25, 0.3) is 6.08 Å². The molecule has 0 spiro atoms. The van der Waals surface area contributed by atoms with Gasteiger partial charge in [-0.05, 0) is 51.5 Å². The van der Waals surface area contributed by atoms with Crippen molar-refractivity contribution in [1.29, 1.82) is 0 Å². The number of aromatic nitrogens is 1. The van der Waals surface area contributed by atoms with E-state index in [1.807, 2.05) is 55.4 Å². The average Bonchev–Trinajstić information content (AvgIpc) is 3.43. The highest BCUT2D eigenvalue weighted by Gasteiger charge is 2.33. The summed E-state index contributed by atoms with van der Waals surface area (Å²) in [7, 11) is 3.93. The molecule has 0 saturated heterocycles. The van der Waals surface area contributed by atoms with Crippen molar-refractivity contribution in [2.45, 2.75) is 33.7 Å². The van der Waals surface area contributed by atoms with Gasteiger partial charge in [-0.3, -0.25) is 9.36 Å². The van der Waals surface area contributed by atoms with Gasteiger partial charge in [-0.1, -0.05) is 23.5 Å². The molecule has 4 rings (SSSR count). The number of anilines is 2. The molecule has 9 heteroatoms. The highest BCUT2D eigenvalue weighted by atomic mass is 32.1. The van der Waals surface area contributed by atoms with E-state index in [2.05, 4.69) is 23.7 Å². The van der Waals surface area contributed by atoms with E-state index in [1.54, 1.807) is 24.5 Å². The van der Waals surface area contributed by atoms with E-state index < -0.39 is 12.0 Å². The van der Waals surface area contributed by atoms with Gasteiger partial charge in [0.15, 0.2) is 10.7 Å². The summed E-state index contributed by atoms with van der Waals surface area (Å²) in [5.41, 5.74) is 2.52. The second-order valence-electron chi connectivity index (χ2n) is 8.64. The van der Waals surface area contributed by atoms with Gasteiger partial charge in [0.25, 0.3) is 5.56 Å². The maximum atomic E-state index is 13.7. The first kappa shape index (κ1) is 25.5. The lowest BCUT2D eigenvalue weighted by Crippen LogP contribution is -2.39. The summed E-state index contributed by atoms with van der Waals surface area (Å²) in [4.78, 5) is 36.0. The Kier molecular flexibility index (Phi) is 7.49. The molecule has 1 aromatic carbocycles. The summed E-state index contributed by atoms with van der Waals surface area (Å²) >= 11 is 1.28. The van der Waals surface area contributed by atoms with Gasteiger partial charge in [0, 0.05) is 45.0 Å². The summed E-state index contributed by atoms with van der Waals surface area (Å²) < 4.78 is 13.4. The Hall–Kier alpha value is -3.59. The molecule has 1 aliphatic rings. The van der Waals surface area contributed by atoms with Crippen LogP contribution >= 0.6 is 11.3 Å². The molecule has 36 heavy (non-hydrogen) atoms. The number of hydrogen-bond donors (Lipinski definition) is 0. The first-order valence-corrected chi connectivity index (χ1v) is 12.9. The Bertz CT molecular complexity index is 1460. The number of benzene rings is 1. The van der Waals surface area contributed by atoms with E-state index in [9.17, 15) is 9.59 Å². The number of hydrogen-bond acceptors (Lipinski definition) is 8. The average molecular weight is 509 g/mol. The number of nitrogens with zero attached hydrogens (tertiary/aromatic N) is 4. The van der Waals surface area contributed by atoms with Gasteiger partial charge in [0.05, 0.1) is 28.5 Å². The van der Waals surface area contributed by atoms with Gasteiger partial charge in [-0.25, -0.2) is 9.79 Å².